The molecule has 0 saturated carbocycles. The number of H-pyrrole nitrogens is 2. The van der Waals surface area contributed by atoms with Crippen molar-refractivity contribution in [1.82, 2.24) is 40.0 Å². The zero-order valence-corrected chi connectivity index (χ0v) is 32.0. The van der Waals surface area contributed by atoms with Gasteiger partial charge in [0.2, 0.25) is 11.8 Å². The molecule has 2 aliphatic rings. The van der Waals surface area contributed by atoms with Crippen LogP contribution in [0.3, 0.4) is 0 Å². The van der Waals surface area contributed by atoms with Gasteiger partial charge in [-0.05, 0) is 42.2 Å². The topological polar surface area (TPSA) is 197 Å². The van der Waals surface area contributed by atoms with Gasteiger partial charge in [-0.15, -0.1) is 0 Å². The van der Waals surface area contributed by atoms with E-state index in [0.29, 0.717) is 36.9 Å². The molecule has 5 atom stereocenters. The molecule has 0 aliphatic carbocycles. The Balaban J connectivity index is 1.13. The number of amides is 4. The molecule has 2 fully saturated rings. The molecule has 4 aromatic rings. The van der Waals surface area contributed by atoms with Gasteiger partial charge in [0.05, 0.1) is 30.6 Å². The second-order valence-corrected chi connectivity index (χ2v) is 15.0. The molecular weight excluding hydrogens is 704 g/mol. The van der Waals surface area contributed by atoms with E-state index >= 15 is 0 Å². The number of aromatic nitrogens is 4. The van der Waals surface area contributed by atoms with E-state index in [0.717, 1.165) is 45.7 Å². The van der Waals surface area contributed by atoms with E-state index in [4.69, 9.17) is 14.7 Å². The normalized spacial score (nSPS) is 19.5. The molecule has 2 saturated heterocycles. The number of methoxy groups -OCH3 is 1. The van der Waals surface area contributed by atoms with Crippen LogP contribution >= 0.6 is 0 Å². The highest BCUT2D eigenvalue weighted by Gasteiger charge is 2.44. The molecule has 0 radical (unpaired) electrons. The Bertz CT molecular complexity index is 1990. The van der Waals surface area contributed by atoms with Gasteiger partial charge >= 0.3 is 12.2 Å². The van der Waals surface area contributed by atoms with Crippen molar-refractivity contribution in [1.29, 1.82) is 0 Å². The van der Waals surface area contributed by atoms with Gasteiger partial charge in [-0.2, -0.15) is 0 Å². The predicted molar refractivity (Wildman–Crippen MR) is 204 cm³/mol. The Morgan fingerprint density at radius 1 is 0.800 bits per heavy atom. The maximum atomic E-state index is 13.6. The second kappa shape index (κ2) is 16.3. The lowest BCUT2D eigenvalue weighted by molar-refractivity contribution is -0.139. The Kier molecular flexibility index (Phi) is 11.6. The number of carbonyl (C=O) groups excluding carboxylic acids is 3. The number of nitrogens with one attached hydrogen (secondary N) is 3. The number of likely N-dealkylation sites (N-methyl/N-ethyl adjacent to an activating group) is 1. The minimum atomic E-state index is -1.19. The summed E-state index contributed by atoms with van der Waals surface area (Å²) in [5.41, 5.74) is 5.20. The zero-order valence-electron chi connectivity index (χ0n) is 32.0. The van der Waals surface area contributed by atoms with E-state index in [1.807, 2.05) is 68.6 Å². The van der Waals surface area contributed by atoms with Crippen LogP contribution in [0.4, 0.5) is 9.59 Å². The molecule has 0 bridgehead atoms. The molecule has 5 N–H and O–H groups in total. The lowest BCUT2D eigenvalue weighted by Gasteiger charge is -2.34. The quantitative estimate of drug-likeness (QED) is 0.132. The third kappa shape index (κ3) is 8.07. The fraction of sp³-hybridized carbons (Fsp3) is 0.450. The van der Waals surface area contributed by atoms with Crippen molar-refractivity contribution < 1.29 is 34.1 Å². The highest BCUT2D eigenvalue weighted by molar-refractivity contribution is 5.87. The lowest BCUT2D eigenvalue weighted by Crippen LogP contribution is -2.52. The molecule has 4 amide bonds. The number of carboxylic acid groups (broad SMARTS) is 1. The highest BCUT2D eigenvalue weighted by Crippen LogP contribution is 2.35. The third-order valence-corrected chi connectivity index (χ3v) is 10.7. The summed E-state index contributed by atoms with van der Waals surface area (Å²) in [6.45, 7) is 8.26. The largest absolute Gasteiger partial charge is 0.465 e. The Morgan fingerprint density at radius 3 is 1.87 bits per heavy atom. The van der Waals surface area contributed by atoms with Gasteiger partial charge in [0.15, 0.2) is 0 Å². The summed E-state index contributed by atoms with van der Waals surface area (Å²) < 4.78 is 4.74. The summed E-state index contributed by atoms with van der Waals surface area (Å²) in [7, 11) is 2.67. The van der Waals surface area contributed by atoms with Crippen molar-refractivity contribution in [2.45, 2.75) is 77.2 Å². The molecule has 0 spiro atoms. The van der Waals surface area contributed by atoms with Crippen molar-refractivity contribution in [2.75, 3.05) is 27.2 Å². The number of carbonyl (C=O) groups is 4. The Hall–Kier alpha value is -5.70. The zero-order chi connectivity index (χ0) is 39.6. The van der Waals surface area contributed by atoms with Crippen LogP contribution in [0.2, 0.25) is 0 Å². The summed E-state index contributed by atoms with van der Waals surface area (Å²) in [4.78, 5) is 71.2. The van der Waals surface area contributed by atoms with E-state index < -0.39 is 36.4 Å². The van der Waals surface area contributed by atoms with Crippen LogP contribution in [-0.4, -0.2) is 114 Å². The van der Waals surface area contributed by atoms with Gasteiger partial charge < -0.3 is 40.0 Å². The first-order valence-electron chi connectivity index (χ1n) is 18.7. The van der Waals surface area contributed by atoms with Crippen molar-refractivity contribution >= 4 is 24.0 Å². The Morgan fingerprint density at radius 2 is 1.35 bits per heavy atom. The van der Waals surface area contributed by atoms with Gasteiger partial charge in [-0.3, -0.25) is 14.5 Å². The monoisotopic (exact) mass is 754 g/mol. The smallest absolute Gasteiger partial charge is 0.407 e. The number of alkyl carbamates (subject to hydrolysis) is 1. The molecule has 2 aliphatic heterocycles. The fourth-order valence-electron chi connectivity index (χ4n) is 7.69. The number of benzene rings is 2. The van der Waals surface area contributed by atoms with E-state index in [1.165, 1.54) is 19.1 Å². The number of aliphatic hydroxyl groups is 1. The third-order valence-electron chi connectivity index (χ3n) is 10.7. The minimum Gasteiger partial charge on any atom is -0.465 e. The first-order valence-corrected chi connectivity index (χ1v) is 18.7. The van der Waals surface area contributed by atoms with E-state index in [1.54, 1.807) is 24.9 Å². The van der Waals surface area contributed by atoms with E-state index in [9.17, 15) is 29.4 Å². The summed E-state index contributed by atoms with van der Waals surface area (Å²) in [6.07, 6.45) is 2.89. The molecule has 4 heterocycles. The van der Waals surface area contributed by atoms with Gasteiger partial charge in [0, 0.05) is 43.7 Å². The van der Waals surface area contributed by atoms with Gasteiger partial charge in [-0.1, -0.05) is 76.2 Å². The number of ether oxygens (including phenoxy) is 1. The number of rotatable bonds is 11. The van der Waals surface area contributed by atoms with Crippen LogP contribution in [0.5, 0.6) is 0 Å². The molecule has 2 aromatic carbocycles. The average molecular weight is 755 g/mol. The first-order chi connectivity index (χ1) is 26.3. The van der Waals surface area contributed by atoms with Crippen LogP contribution in [0, 0.1) is 11.8 Å². The molecule has 15 nitrogen and oxygen atoms in total. The molecule has 292 valence electrons. The van der Waals surface area contributed by atoms with Crippen LogP contribution in [0.15, 0.2) is 60.9 Å². The van der Waals surface area contributed by atoms with Crippen molar-refractivity contribution in [3.05, 3.63) is 72.6 Å². The second-order valence-electron chi connectivity index (χ2n) is 15.0. The van der Waals surface area contributed by atoms with Crippen LogP contribution in [-0.2, 0) is 14.3 Å². The number of nitrogens with zero attached hydrogens (tertiary/aromatic N) is 5. The number of aliphatic hydroxyl groups excluding tert-OH is 1. The molecular formula is C40H50N8O7. The van der Waals surface area contributed by atoms with Crippen LogP contribution in [0.25, 0.3) is 33.6 Å². The number of imidazole rings is 2. The number of likely N-dealkylation sites (tertiary alicyclic amines) is 2. The number of hydrogen-bond acceptors (Lipinski definition) is 8. The van der Waals surface area contributed by atoms with E-state index in [2.05, 4.69) is 15.3 Å². The van der Waals surface area contributed by atoms with Crippen molar-refractivity contribution in [3.8, 4) is 33.6 Å². The summed E-state index contributed by atoms with van der Waals surface area (Å²) >= 11 is 0. The van der Waals surface area contributed by atoms with Gasteiger partial charge in [0.1, 0.15) is 29.8 Å². The maximum absolute atomic E-state index is 13.6. The SMILES string of the molecule is COC(=O)N[C@H](C(=O)N1CCC[C@H]1c1nc(-c2ccc(-c3ccc(-c4c[nH]c([C@@H]5[C@@H](O)CCN5C(=O)[C@H](C(C)C)N(C)C(=O)O)n4)cc3)cc2)c[nH]1)C(C)C. The minimum absolute atomic E-state index is 0.117. The molecule has 15 heteroatoms. The predicted octanol–water partition coefficient (Wildman–Crippen LogP) is 5.45. The van der Waals surface area contributed by atoms with Gasteiger partial charge in [-0.25, -0.2) is 19.6 Å². The first kappa shape index (κ1) is 39.0. The summed E-state index contributed by atoms with van der Waals surface area (Å²) in [6, 6.07) is 13.5. The average Bonchev–Trinajstić information content (AvgIpc) is 4.00. The standard InChI is InChI=1S/C40H50N8O7/c1-22(2)32(45-39(52)55-6)37(50)47-18-7-8-30(47)35-41-20-28(43-35)26-13-9-24(10-14-26)25-11-15-27(16-12-25)29-21-42-36(44-29)34-31(49)17-19-48(34)38(51)33(23(3)4)46(5)40(53)54/h9-16,20-23,30-34,49H,7-8,17-19H2,1-6H3,(H,41,43)(H,42,44)(H,45,52)(H,53,54)/t30-,31-,32-,33-,34-/m0/s1. The lowest BCUT2D eigenvalue weighted by atomic mass is 10.0. The molecule has 2 aromatic heterocycles. The highest BCUT2D eigenvalue weighted by atomic mass is 16.5. The molecule has 6 rings (SSSR count). The van der Waals surface area contributed by atoms with Gasteiger partial charge in [0.25, 0.3) is 0 Å². The number of aromatic amines is 2. The fourth-order valence-corrected chi connectivity index (χ4v) is 7.69. The van der Waals surface area contributed by atoms with E-state index in [-0.39, 0.29) is 29.7 Å². The molecule has 55 heavy (non-hydrogen) atoms. The van der Waals surface area contributed by atoms with Crippen LogP contribution < -0.4 is 5.32 Å². The molecule has 0 unspecified atom stereocenters. The van der Waals surface area contributed by atoms with Crippen LogP contribution in [0.1, 0.15) is 70.7 Å². The number of hydrogen-bond donors (Lipinski definition) is 5. The van der Waals surface area contributed by atoms with Crippen molar-refractivity contribution in [2.24, 2.45) is 11.8 Å². The Labute approximate surface area is 320 Å². The van der Waals surface area contributed by atoms with Crippen molar-refractivity contribution in [3.63, 3.8) is 0 Å². The summed E-state index contributed by atoms with van der Waals surface area (Å²) in [5.74, 6) is 0.252. The maximum Gasteiger partial charge on any atom is 0.407 e. The summed E-state index contributed by atoms with van der Waals surface area (Å²) in [5, 5.41) is 23.1.